The fourth-order valence-electron chi connectivity index (χ4n) is 3.37. The van der Waals surface area contributed by atoms with Gasteiger partial charge < -0.3 is 4.90 Å². The third-order valence-corrected chi connectivity index (χ3v) is 5.82. The number of sulfonamides is 1. The van der Waals surface area contributed by atoms with Gasteiger partial charge in [0.05, 0.1) is 11.1 Å². The number of nitrogens with one attached hydrogen (secondary N) is 1. The van der Waals surface area contributed by atoms with E-state index in [1.165, 1.54) is 17.6 Å². The molecular weight excluding hydrogens is 296 g/mol. The molecule has 1 aliphatic carbocycles. The van der Waals surface area contributed by atoms with Crippen molar-refractivity contribution < 1.29 is 13.2 Å². The molecule has 1 saturated carbocycles. The van der Waals surface area contributed by atoms with Crippen molar-refractivity contribution in [2.24, 2.45) is 5.41 Å². The van der Waals surface area contributed by atoms with Gasteiger partial charge in [-0.3, -0.25) is 4.79 Å². The topological polar surface area (TPSA) is 66.5 Å². The van der Waals surface area contributed by atoms with Crippen LogP contribution in [0.4, 0.5) is 0 Å². The number of carbonyl (C=O) groups excluding carboxylic acids is 1. The van der Waals surface area contributed by atoms with Crippen LogP contribution in [0.2, 0.25) is 0 Å². The van der Waals surface area contributed by atoms with Gasteiger partial charge in [-0.1, -0.05) is 6.07 Å². The van der Waals surface area contributed by atoms with Crippen LogP contribution in [0.3, 0.4) is 0 Å². The largest absolute Gasteiger partial charge is 0.337 e. The zero-order valence-electron chi connectivity index (χ0n) is 11.3. The number of hydrogen-bond donors (Lipinski definition) is 1. The van der Waals surface area contributed by atoms with Crippen LogP contribution in [0.1, 0.15) is 28.9 Å². The first-order valence-corrected chi connectivity index (χ1v) is 9.44. The lowest BCUT2D eigenvalue weighted by molar-refractivity contribution is 0.0692. The first kappa shape index (κ1) is 14.0. The van der Waals surface area contributed by atoms with Crippen LogP contribution in [0, 0.1) is 5.41 Å². The Morgan fingerprint density at radius 2 is 2.25 bits per heavy atom. The summed E-state index contributed by atoms with van der Waals surface area (Å²) in [5, 5.41) is 1.91. The van der Waals surface area contributed by atoms with Crippen molar-refractivity contribution in [2.75, 3.05) is 19.3 Å². The minimum atomic E-state index is -3.12. The smallest absolute Gasteiger partial charge is 0.263 e. The molecule has 1 spiro atoms. The van der Waals surface area contributed by atoms with E-state index in [1.54, 1.807) is 0 Å². The predicted octanol–water partition coefficient (Wildman–Crippen LogP) is 1.29. The Bertz CT molecular complexity index is 604. The maximum atomic E-state index is 12.3. The molecule has 5 nitrogen and oxygen atoms in total. The number of carbonyl (C=O) groups is 1. The maximum absolute atomic E-state index is 12.3. The highest BCUT2D eigenvalue weighted by molar-refractivity contribution is 7.88. The molecule has 1 aromatic heterocycles. The van der Waals surface area contributed by atoms with Gasteiger partial charge in [0.25, 0.3) is 5.91 Å². The summed E-state index contributed by atoms with van der Waals surface area (Å²) < 4.78 is 25.0. The number of amides is 1. The summed E-state index contributed by atoms with van der Waals surface area (Å²) in [5.41, 5.74) is 0.134. The number of likely N-dealkylation sites (tertiary alicyclic amines) is 1. The van der Waals surface area contributed by atoms with Crippen LogP contribution in [0.15, 0.2) is 17.5 Å². The Kier molecular flexibility index (Phi) is 3.38. The second kappa shape index (κ2) is 4.82. The van der Waals surface area contributed by atoms with Crippen LogP contribution < -0.4 is 4.72 Å². The molecule has 1 aromatic rings. The molecule has 3 rings (SSSR count). The fraction of sp³-hybridized carbons (Fsp3) is 0.615. The van der Waals surface area contributed by atoms with Gasteiger partial charge >= 0.3 is 0 Å². The van der Waals surface area contributed by atoms with Gasteiger partial charge in [0.1, 0.15) is 0 Å². The van der Waals surface area contributed by atoms with Gasteiger partial charge in [0, 0.05) is 19.1 Å². The normalized spacial score (nSPS) is 29.6. The molecule has 0 unspecified atom stereocenters. The van der Waals surface area contributed by atoms with Gasteiger partial charge in [-0.25, -0.2) is 13.1 Å². The average molecular weight is 314 g/mol. The summed E-state index contributed by atoms with van der Waals surface area (Å²) in [6.45, 7) is 1.54. The Morgan fingerprint density at radius 1 is 1.50 bits per heavy atom. The highest BCUT2D eigenvalue weighted by Gasteiger charge is 2.50. The van der Waals surface area contributed by atoms with Crippen LogP contribution in [0.25, 0.3) is 0 Å². The van der Waals surface area contributed by atoms with Gasteiger partial charge in [0.15, 0.2) is 0 Å². The molecule has 2 aliphatic rings. The average Bonchev–Trinajstić information content (AvgIpc) is 2.93. The van der Waals surface area contributed by atoms with Gasteiger partial charge in [0.2, 0.25) is 10.0 Å². The maximum Gasteiger partial charge on any atom is 0.263 e. The van der Waals surface area contributed by atoms with Crippen molar-refractivity contribution in [2.45, 2.75) is 25.3 Å². The van der Waals surface area contributed by atoms with Crippen molar-refractivity contribution >= 4 is 27.3 Å². The molecule has 20 heavy (non-hydrogen) atoms. The van der Waals surface area contributed by atoms with Crippen LogP contribution in [-0.2, 0) is 10.0 Å². The number of thiophene rings is 1. The molecule has 0 bridgehead atoms. The van der Waals surface area contributed by atoms with Crippen molar-refractivity contribution in [1.82, 2.24) is 9.62 Å². The molecule has 2 fully saturated rings. The summed E-state index contributed by atoms with van der Waals surface area (Å²) in [6.07, 6.45) is 3.86. The van der Waals surface area contributed by atoms with Crippen molar-refractivity contribution in [3.63, 3.8) is 0 Å². The Labute approximate surface area is 123 Å². The molecule has 1 amide bonds. The van der Waals surface area contributed by atoms with Crippen LogP contribution in [-0.4, -0.2) is 44.6 Å². The van der Waals surface area contributed by atoms with E-state index in [1.807, 2.05) is 22.4 Å². The lowest BCUT2D eigenvalue weighted by Crippen LogP contribution is -2.51. The molecule has 0 aromatic carbocycles. The zero-order chi connectivity index (χ0) is 14.4. The molecule has 0 atom stereocenters. The minimum Gasteiger partial charge on any atom is -0.337 e. The number of nitrogens with zero attached hydrogens (tertiary/aromatic N) is 1. The van der Waals surface area contributed by atoms with E-state index in [-0.39, 0.29) is 17.4 Å². The van der Waals surface area contributed by atoms with Crippen molar-refractivity contribution in [1.29, 1.82) is 0 Å². The summed E-state index contributed by atoms with van der Waals surface area (Å²) in [7, 11) is -3.12. The predicted molar refractivity (Wildman–Crippen MR) is 78.3 cm³/mol. The third kappa shape index (κ3) is 2.75. The molecule has 7 heteroatoms. The first-order chi connectivity index (χ1) is 9.37. The molecule has 1 aliphatic heterocycles. The van der Waals surface area contributed by atoms with E-state index < -0.39 is 10.0 Å². The van der Waals surface area contributed by atoms with E-state index in [0.717, 1.165) is 37.2 Å². The fourth-order valence-corrected chi connectivity index (χ4v) is 4.83. The molecule has 1 N–H and O–H groups in total. The lowest BCUT2D eigenvalue weighted by Gasteiger charge is -2.45. The molecule has 110 valence electrons. The van der Waals surface area contributed by atoms with E-state index in [4.69, 9.17) is 0 Å². The van der Waals surface area contributed by atoms with Crippen molar-refractivity contribution in [3.05, 3.63) is 22.4 Å². The van der Waals surface area contributed by atoms with E-state index in [2.05, 4.69) is 4.72 Å². The van der Waals surface area contributed by atoms with E-state index in [0.29, 0.717) is 0 Å². The lowest BCUT2D eigenvalue weighted by atomic mass is 9.65. The number of rotatable bonds is 3. The SMILES string of the molecule is CS(=O)(=O)NC1CC2(CCN(C(=O)c3cccs3)C2)C1. The van der Waals surface area contributed by atoms with E-state index in [9.17, 15) is 13.2 Å². The second-order valence-corrected chi connectivity index (χ2v) is 8.68. The van der Waals surface area contributed by atoms with E-state index >= 15 is 0 Å². The zero-order valence-corrected chi connectivity index (χ0v) is 13.0. The summed E-state index contributed by atoms with van der Waals surface area (Å²) in [6, 6.07) is 3.79. The minimum absolute atomic E-state index is 0.0433. The summed E-state index contributed by atoms with van der Waals surface area (Å²) >= 11 is 1.47. The van der Waals surface area contributed by atoms with Gasteiger partial charge in [-0.05, 0) is 36.1 Å². The molecule has 2 heterocycles. The quantitative estimate of drug-likeness (QED) is 0.914. The molecule has 1 saturated heterocycles. The second-order valence-electron chi connectivity index (χ2n) is 5.95. The van der Waals surface area contributed by atoms with Crippen molar-refractivity contribution in [3.8, 4) is 0 Å². The van der Waals surface area contributed by atoms with Crippen LogP contribution >= 0.6 is 11.3 Å². The number of hydrogen-bond acceptors (Lipinski definition) is 4. The summed E-state index contributed by atoms with van der Waals surface area (Å²) in [4.78, 5) is 15.0. The molecular formula is C13H18N2O3S2. The third-order valence-electron chi connectivity index (χ3n) is 4.20. The highest BCUT2D eigenvalue weighted by atomic mass is 32.2. The highest BCUT2D eigenvalue weighted by Crippen LogP contribution is 2.48. The summed E-state index contributed by atoms with van der Waals surface area (Å²) in [5.74, 6) is 0.108. The Morgan fingerprint density at radius 3 is 2.85 bits per heavy atom. The Balaban J connectivity index is 1.58. The molecule has 0 radical (unpaired) electrons. The first-order valence-electron chi connectivity index (χ1n) is 6.67. The van der Waals surface area contributed by atoms with Crippen LogP contribution in [0.5, 0.6) is 0 Å². The van der Waals surface area contributed by atoms with Gasteiger partial charge in [-0.15, -0.1) is 11.3 Å². The monoisotopic (exact) mass is 314 g/mol. The van der Waals surface area contributed by atoms with Gasteiger partial charge in [-0.2, -0.15) is 0 Å². The Hall–Kier alpha value is -0.920. The standard InChI is InChI=1S/C13H18N2O3S2/c1-20(17,18)14-10-7-13(8-10)4-5-15(9-13)12(16)11-3-2-6-19-11/h2-3,6,10,14H,4-5,7-9H2,1H3.